The maximum Gasteiger partial charge on any atom is 0.412 e. The number of hydrogen-bond acceptors (Lipinski definition) is 6. The van der Waals surface area contributed by atoms with Crippen LogP contribution in [0.3, 0.4) is 0 Å². The Balaban J connectivity index is 1.21. The van der Waals surface area contributed by atoms with Crippen molar-refractivity contribution < 1.29 is 24.0 Å². The number of rotatable bonds is 6. The predicted molar refractivity (Wildman–Crippen MR) is 106 cm³/mol. The molecule has 2 aliphatic carbocycles. The van der Waals surface area contributed by atoms with Crippen LogP contribution in [-0.4, -0.2) is 29.1 Å². The smallest absolute Gasteiger partial charge is 0.412 e. The van der Waals surface area contributed by atoms with Gasteiger partial charge >= 0.3 is 6.09 Å². The maximum absolute atomic E-state index is 12.0. The second-order valence-corrected chi connectivity index (χ2v) is 7.90. The minimum atomic E-state index is -0.578. The van der Waals surface area contributed by atoms with Crippen molar-refractivity contribution in [3.05, 3.63) is 64.2 Å². The number of nitro groups is 1. The van der Waals surface area contributed by atoms with Gasteiger partial charge in [-0.15, -0.1) is 0 Å². The van der Waals surface area contributed by atoms with Gasteiger partial charge in [-0.2, -0.15) is 0 Å². The minimum Gasteiger partial charge on any atom is -0.490 e. The van der Waals surface area contributed by atoms with Crippen LogP contribution in [0.4, 0.5) is 10.5 Å². The van der Waals surface area contributed by atoms with Crippen molar-refractivity contribution in [3.8, 4) is 11.5 Å². The molecule has 4 rings (SSSR count). The SMILES string of the molecule is NC(=O)c1ccccc1O[C@H]1CC2(C[C@H](NC(=O)Oc3ccc([N+](=O)[O-])cc3)C2)C1. The van der Waals surface area contributed by atoms with Crippen LogP contribution >= 0.6 is 0 Å². The molecule has 30 heavy (non-hydrogen) atoms. The molecule has 0 aliphatic heterocycles. The number of carbonyl (C=O) groups excluding carboxylic acids is 2. The van der Waals surface area contributed by atoms with E-state index in [-0.39, 0.29) is 29.0 Å². The highest BCUT2D eigenvalue weighted by atomic mass is 16.6. The lowest BCUT2D eigenvalue weighted by atomic mass is 9.53. The van der Waals surface area contributed by atoms with Gasteiger partial charge in [-0.1, -0.05) is 12.1 Å². The molecule has 0 aromatic heterocycles. The lowest BCUT2D eigenvalue weighted by molar-refractivity contribution is -0.384. The van der Waals surface area contributed by atoms with Crippen LogP contribution < -0.4 is 20.5 Å². The molecule has 3 N–H and O–H groups in total. The van der Waals surface area contributed by atoms with E-state index >= 15 is 0 Å². The maximum atomic E-state index is 12.0. The molecule has 1 spiro atoms. The topological polar surface area (TPSA) is 134 Å². The number of carbonyl (C=O) groups is 2. The summed E-state index contributed by atoms with van der Waals surface area (Å²) in [6.07, 6.45) is 2.83. The molecule has 2 fully saturated rings. The summed E-state index contributed by atoms with van der Waals surface area (Å²) in [4.78, 5) is 33.6. The highest BCUT2D eigenvalue weighted by Crippen LogP contribution is 2.56. The van der Waals surface area contributed by atoms with E-state index in [0.29, 0.717) is 11.3 Å². The Kier molecular flexibility index (Phi) is 5.03. The molecule has 0 heterocycles. The van der Waals surface area contributed by atoms with Crippen LogP contribution in [0.15, 0.2) is 48.5 Å². The molecule has 0 unspecified atom stereocenters. The van der Waals surface area contributed by atoms with Crippen LogP contribution in [0.2, 0.25) is 0 Å². The average molecular weight is 411 g/mol. The summed E-state index contributed by atoms with van der Waals surface area (Å²) in [6.45, 7) is 0. The Morgan fingerprint density at radius 1 is 1.07 bits per heavy atom. The first kappa shape index (κ1) is 19.7. The molecule has 2 aromatic rings. The number of nitrogens with zero attached hydrogens (tertiary/aromatic N) is 1. The highest BCUT2D eigenvalue weighted by Gasteiger charge is 2.54. The van der Waals surface area contributed by atoms with Crippen LogP contribution in [-0.2, 0) is 0 Å². The van der Waals surface area contributed by atoms with E-state index in [9.17, 15) is 19.7 Å². The van der Waals surface area contributed by atoms with Crippen molar-refractivity contribution in [2.45, 2.75) is 37.8 Å². The van der Waals surface area contributed by atoms with Crippen molar-refractivity contribution in [3.63, 3.8) is 0 Å². The molecule has 2 saturated carbocycles. The summed E-state index contributed by atoms with van der Waals surface area (Å²) in [6, 6.07) is 12.3. The Bertz CT molecular complexity index is 976. The van der Waals surface area contributed by atoms with Gasteiger partial charge in [0, 0.05) is 18.2 Å². The summed E-state index contributed by atoms with van der Waals surface area (Å²) >= 11 is 0. The monoisotopic (exact) mass is 411 g/mol. The van der Waals surface area contributed by atoms with Crippen molar-refractivity contribution in [2.24, 2.45) is 11.1 Å². The van der Waals surface area contributed by atoms with E-state index in [1.807, 2.05) is 0 Å². The molecule has 2 aromatic carbocycles. The van der Waals surface area contributed by atoms with E-state index in [1.165, 1.54) is 24.3 Å². The summed E-state index contributed by atoms with van der Waals surface area (Å²) in [7, 11) is 0. The van der Waals surface area contributed by atoms with Crippen LogP contribution in [0.5, 0.6) is 11.5 Å². The van der Waals surface area contributed by atoms with Crippen molar-refractivity contribution >= 4 is 17.7 Å². The van der Waals surface area contributed by atoms with Gasteiger partial charge in [-0.05, 0) is 55.4 Å². The molecule has 0 bridgehead atoms. The number of nitrogens with one attached hydrogen (secondary N) is 1. The second kappa shape index (κ2) is 7.66. The molecular formula is C21H21N3O6. The number of nitrogens with two attached hydrogens (primary N) is 1. The molecule has 156 valence electrons. The second-order valence-electron chi connectivity index (χ2n) is 7.90. The first-order valence-corrected chi connectivity index (χ1v) is 9.62. The van der Waals surface area contributed by atoms with Gasteiger partial charge in [-0.3, -0.25) is 14.9 Å². The van der Waals surface area contributed by atoms with Crippen LogP contribution in [0, 0.1) is 15.5 Å². The zero-order valence-electron chi connectivity index (χ0n) is 16.1. The number of amides is 2. The third-order valence-corrected chi connectivity index (χ3v) is 5.71. The molecule has 9 heteroatoms. The lowest BCUT2D eigenvalue weighted by Gasteiger charge is -2.57. The number of benzene rings is 2. The number of non-ortho nitro benzene ring substituents is 1. The van der Waals surface area contributed by atoms with Gasteiger partial charge in [0.25, 0.3) is 11.6 Å². The fourth-order valence-corrected chi connectivity index (χ4v) is 4.30. The van der Waals surface area contributed by atoms with Crippen LogP contribution in [0.25, 0.3) is 0 Å². The first-order chi connectivity index (χ1) is 14.3. The van der Waals surface area contributed by atoms with E-state index in [0.717, 1.165) is 25.7 Å². The quantitative estimate of drug-likeness (QED) is 0.554. The van der Waals surface area contributed by atoms with Crippen LogP contribution in [0.1, 0.15) is 36.0 Å². The lowest BCUT2D eigenvalue weighted by Crippen LogP contribution is -2.59. The summed E-state index contributed by atoms with van der Waals surface area (Å²) in [5.41, 5.74) is 5.84. The molecule has 2 aliphatic rings. The predicted octanol–water partition coefficient (Wildman–Crippen LogP) is 3.17. The Labute approximate surface area is 172 Å². The van der Waals surface area contributed by atoms with Gasteiger partial charge in [0.15, 0.2) is 0 Å². The van der Waals surface area contributed by atoms with Gasteiger partial charge in [-0.25, -0.2) is 4.79 Å². The molecule has 9 nitrogen and oxygen atoms in total. The zero-order chi connectivity index (χ0) is 21.3. The largest absolute Gasteiger partial charge is 0.490 e. The minimum absolute atomic E-state index is 0.0226. The van der Waals surface area contributed by atoms with Gasteiger partial charge < -0.3 is 20.5 Å². The van der Waals surface area contributed by atoms with Crippen molar-refractivity contribution in [1.82, 2.24) is 5.32 Å². The van der Waals surface area contributed by atoms with Crippen molar-refractivity contribution in [1.29, 1.82) is 0 Å². The van der Waals surface area contributed by atoms with E-state index in [4.69, 9.17) is 15.2 Å². The zero-order valence-corrected chi connectivity index (χ0v) is 16.1. The van der Waals surface area contributed by atoms with E-state index < -0.39 is 16.9 Å². The van der Waals surface area contributed by atoms with Gasteiger partial charge in [0.2, 0.25) is 0 Å². The normalized spacial score (nSPS) is 24.3. The molecule has 0 saturated heterocycles. The van der Waals surface area contributed by atoms with Gasteiger partial charge in [0.1, 0.15) is 11.5 Å². The fourth-order valence-electron chi connectivity index (χ4n) is 4.30. The Morgan fingerprint density at radius 3 is 2.37 bits per heavy atom. The highest BCUT2D eigenvalue weighted by molar-refractivity contribution is 5.95. The summed E-state index contributed by atoms with van der Waals surface area (Å²) in [5, 5.41) is 13.5. The summed E-state index contributed by atoms with van der Waals surface area (Å²) in [5.74, 6) is 0.238. The summed E-state index contributed by atoms with van der Waals surface area (Å²) < 4.78 is 11.1. The molecular weight excluding hydrogens is 390 g/mol. The average Bonchev–Trinajstić information content (AvgIpc) is 2.65. The molecule has 2 amide bonds. The molecule has 0 atom stereocenters. The third-order valence-electron chi connectivity index (χ3n) is 5.71. The number of nitro benzene ring substituents is 1. The molecule has 0 radical (unpaired) electrons. The number of ether oxygens (including phenoxy) is 2. The van der Waals surface area contributed by atoms with Gasteiger partial charge in [0.05, 0.1) is 16.6 Å². The number of primary amides is 1. The number of para-hydroxylation sites is 1. The van der Waals surface area contributed by atoms with E-state index in [2.05, 4.69) is 5.32 Å². The van der Waals surface area contributed by atoms with E-state index in [1.54, 1.807) is 24.3 Å². The van der Waals surface area contributed by atoms with Crippen molar-refractivity contribution in [2.75, 3.05) is 0 Å². The Hall–Kier alpha value is -3.62. The standard InChI is InChI=1S/C21H21N3O6/c22-19(25)17-3-1-2-4-18(17)29-16-11-21(12-16)9-13(10-21)23-20(26)30-15-7-5-14(6-8-15)24(27)28/h1-8,13,16H,9-12H2,(H2,22,25)(H,23,26)/t13-,16-,21?. The first-order valence-electron chi connectivity index (χ1n) is 9.62. The Morgan fingerprint density at radius 2 is 1.73 bits per heavy atom. The fraction of sp³-hybridized carbons (Fsp3) is 0.333. The third kappa shape index (κ3) is 4.05. The number of hydrogen-bond donors (Lipinski definition) is 2.